The Labute approximate surface area is 146 Å². The molecular weight excluding hydrogens is 328 g/mol. The third kappa shape index (κ3) is 2.39. The standard InChI is InChI=1S/C17H18N4O2.ClH/c1-8-11-6-13-14(7-12(11)21-17(8)22)20-16(19-13)10-4-3-9(18)5-15(10)23-2;/h3-8,16,19-20H,18H2,1-2H3,(H,21,22);1H. The maximum Gasteiger partial charge on any atom is 0.231 e. The van der Waals surface area contributed by atoms with Crippen LogP contribution in [0.5, 0.6) is 5.75 Å². The van der Waals surface area contributed by atoms with Crippen molar-refractivity contribution >= 4 is 41.1 Å². The van der Waals surface area contributed by atoms with Gasteiger partial charge in [0.15, 0.2) is 0 Å². The van der Waals surface area contributed by atoms with E-state index in [0.717, 1.165) is 33.9 Å². The van der Waals surface area contributed by atoms with Gasteiger partial charge in [-0.2, -0.15) is 0 Å². The van der Waals surface area contributed by atoms with Crippen LogP contribution in [0.15, 0.2) is 30.3 Å². The minimum absolute atomic E-state index is 0. The van der Waals surface area contributed by atoms with Gasteiger partial charge in [-0.1, -0.05) is 0 Å². The first-order valence-electron chi connectivity index (χ1n) is 7.52. The fraction of sp³-hybridized carbons (Fsp3) is 0.235. The Morgan fingerprint density at radius 1 is 1.04 bits per heavy atom. The molecule has 2 aromatic rings. The van der Waals surface area contributed by atoms with Crippen LogP contribution in [-0.4, -0.2) is 13.0 Å². The van der Waals surface area contributed by atoms with Gasteiger partial charge in [-0.3, -0.25) is 4.79 Å². The van der Waals surface area contributed by atoms with Crippen molar-refractivity contribution in [2.75, 3.05) is 28.8 Å². The monoisotopic (exact) mass is 346 g/mol. The molecule has 0 bridgehead atoms. The number of nitrogens with two attached hydrogens (primary N) is 1. The van der Waals surface area contributed by atoms with Gasteiger partial charge in [0, 0.05) is 23.0 Å². The number of nitrogen functional groups attached to an aromatic ring is 1. The molecule has 2 atom stereocenters. The molecule has 2 aliphatic rings. The molecule has 2 aromatic carbocycles. The number of halogens is 1. The van der Waals surface area contributed by atoms with Crippen LogP contribution in [0.1, 0.15) is 30.1 Å². The van der Waals surface area contributed by atoms with Crippen molar-refractivity contribution in [3.8, 4) is 5.75 Å². The third-order valence-corrected chi connectivity index (χ3v) is 4.48. The number of hydrogen-bond acceptors (Lipinski definition) is 5. The summed E-state index contributed by atoms with van der Waals surface area (Å²) in [5, 5.41) is 9.77. The van der Waals surface area contributed by atoms with Crippen LogP contribution in [0, 0.1) is 0 Å². The van der Waals surface area contributed by atoms with E-state index in [4.69, 9.17) is 10.5 Å². The number of hydrogen-bond donors (Lipinski definition) is 4. The molecule has 7 heteroatoms. The molecule has 0 aliphatic carbocycles. The first kappa shape index (κ1) is 16.3. The van der Waals surface area contributed by atoms with E-state index >= 15 is 0 Å². The highest BCUT2D eigenvalue weighted by atomic mass is 35.5. The number of anilines is 4. The van der Waals surface area contributed by atoms with Crippen LogP contribution in [0.4, 0.5) is 22.7 Å². The zero-order valence-corrected chi connectivity index (χ0v) is 14.2. The van der Waals surface area contributed by atoms with Gasteiger partial charge in [-0.05, 0) is 36.8 Å². The molecule has 0 spiro atoms. The molecule has 4 rings (SSSR count). The van der Waals surface area contributed by atoms with E-state index in [2.05, 4.69) is 16.0 Å². The van der Waals surface area contributed by atoms with Gasteiger partial charge in [-0.15, -0.1) is 12.4 Å². The zero-order chi connectivity index (χ0) is 16.1. The molecular formula is C17H19ClN4O2. The summed E-state index contributed by atoms with van der Waals surface area (Å²) in [5.41, 5.74) is 11.3. The van der Waals surface area contributed by atoms with E-state index in [9.17, 15) is 4.79 Å². The van der Waals surface area contributed by atoms with Gasteiger partial charge >= 0.3 is 0 Å². The van der Waals surface area contributed by atoms with E-state index in [-0.39, 0.29) is 30.4 Å². The molecule has 0 saturated carbocycles. The molecule has 5 N–H and O–H groups in total. The molecule has 0 aromatic heterocycles. The lowest BCUT2D eigenvalue weighted by Gasteiger charge is -2.16. The number of fused-ring (bicyclic) bond motifs is 2. The molecule has 24 heavy (non-hydrogen) atoms. The first-order chi connectivity index (χ1) is 11.1. The Bertz CT molecular complexity index is 824. The molecule has 0 fully saturated rings. The summed E-state index contributed by atoms with van der Waals surface area (Å²) in [7, 11) is 1.63. The molecule has 0 radical (unpaired) electrons. The van der Waals surface area contributed by atoms with E-state index in [1.54, 1.807) is 7.11 Å². The van der Waals surface area contributed by atoms with Crippen molar-refractivity contribution in [1.82, 2.24) is 0 Å². The lowest BCUT2D eigenvalue weighted by molar-refractivity contribution is -0.116. The van der Waals surface area contributed by atoms with Crippen molar-refractivity contribution in [1.29, 1.82) is 0 Å². The summed E-state index contributed by atoms with van der Waals surface area (Å²) < 4.78 is 5.43. The number of carbonyl (C=O) groups is 1. The van der Waals surface area contributed by atoms with E-state index in [1.165, 1.54) is 0 Å². The number of rotatable bonds is 2. The topological polar surface area (TPSA) is 88.4 Å². The fourth-order valence-corrected chi connectivity index (χ4v) is 3.17. The van der Waals surface area contributed by atoms with E-state index < -0.39 is 0 Å². The normalized spacial score (nSPS) is 20.2. The SMILES string of the molecule is COc1cc(N)ccc1C1Nc2cc3c(cc2N1)C(C)C(=O)N3.Cl. The Balaban J connectivity index is 0.00000169. The minimum atomic E-state index is -0.123. The quantitative estimate of drug-likeness (QED) is 0.627. The van der Waals surface area contributed by atoms with E-state index in [1.807, 2.05) is 37.3 Å². The number of ether oxygens (including phenoxy) is 1. The van der Waals surface area contributed by atoms with E-state index in [0.29, 0.717) is 5.69 Å². The van der Waals surface area contributed by atoms with Gasteiger partial charge in [-0.25, -0.2) is 0 Å². The summed E-state index contributed by atoms with van der Waals surface area (Å²) in [6.07, 6.45) is -0.103. The van der Waals surface area contributed by atoms with Crippen LogP contribution >= 0.6 is 12.4 Å². The smallest absolute Gasteiger partial charge is 0.231 e. The fourth-order valence-electron chi connectivity index (χ4n) is 3.17. The molecule has 2 aliphatic heterocycles. The van der Waals surface area contributed by atoms with Crippen molar-refractivity contribution in [3.63, 3.8) is 0 Å². The summed E-state index contributed by atoms with van der Waals surface area (Å²) in [5.74, 6) is 0.652. The molecule has 1 amide bonds. The lowest BCUT2D eigenvalue weighted by Crippen LogP contribution is -2.13. The Morgan fingerprint density at radius 3 is 2.46 bits per heavy atom. The molecule has 2 unspecified atom stereocenters. The molecule has 0 saturated heterocycles. The average molecular weight is 347 g/mol. The molecule has 126 valence electrons. The van der Waals surface area contributed by atoms with Gasteiger partial charge in [0.25, 0.3) is 0 Å². The largest absolute Gasteiger partial charge is 0.496 e. The maximum absolute atomic E-state index is 11.8. The van der Waals surface area contributed by atoms with Crippen LogP contribution in [0.25, 0.3) is 0 Å². The highest BCUT2D eigenvalue weighted by Crippen LogP contribution is 2.44. The highest BCUT2D eigenvalue weighted by molar-refractivity contribution is 6.04. The predicted octanol–water partition coefficient (Wildman–Crippen LogP) is 3.29. The van der Waals surface area contributed by atoms with Crippen LogP contribution < -0.4 is 26.4 Å². The maximum atomic E-state index is 11.8. The molecule has 6 nitrogen and oxygen atoms in total. The second-order valence-corrected chi connectivity index (χ2v) is 5.92. The Hall–Kier alpha value is -2.60. The van der Waals surface area contributed by atoms with Gasteiger partial charge in [0.05, 0.1) is 24.4 Å². The zero-order valence-electron chi connectivity index (χ0n) is 13.3. The molecule has 2 heterocycles. The third-order valence-electron chi connectivity index (χ3n) is 4.48. The van der Waals surface area contributed by atoms with Crippen molar-refractivity contribution in [3.05, 3.63) is 41.5 Å². The Morgan fingerprint density at radius 2 is 1.75 bits per heavy atom. The highest BCUT2D eigenvalue weighted by Gasteiger charge is 2.31. The minimum Gasteiger partial charge on any atom is -0.496 e. The van der Waals surface area contributed by atoms with Gasteiger partial charge in [0.2, 0.25) is 5.91 Å². The van der Waals surface area contributed by atoms with Crippen molar-refractivity contribution in [2.45, 2.75) is 19.0 Å². The first-order valence-corrected chi connectivity index (χ1v) is 7.52. The second-order valence-electron chi connectivity index (χ2n) is 5.92. The summed E-state index contributed by atoms with van der Waals surface area (Å²) in [6.45, 7) is 1.91. The van der Waals surface area contributed by atoms with Crippen molar-refractivity contribution < 1.29 is 9.53 Å². The average Bonchev–Trinajstić information content (AvgIpc) is 3.06. The summed E-state index contributed by atoms with van der Waals surface area (Å²) in [4.78, 5) is 11.8. The van der Waals surface area contributed by atoms with Gasteiger partial charge in [0.1, 0.15) is 11.9 Å². The summed E-state index contributed by atoms with van der Waals surface area (Å²) in [6, 6.07) is 9.62. The number of nitrogens with one attached hydrogen (secondary N) is 3. The van der Waals surface area contributed by atoms with Crippen LogP contribution in [0.3, 0.4) is 0 Å². The number of benzene rings is 2. The lowest BCUT2D eigenvalue weighted by atomic mass is 10.0. The van der Waals surface area contributed by atoms with Crippen LogP contribution in [0.2, 0.25) is 0 Å². The second kappa shape index (κ2) is 5.79. The summed E-state index contributed by atoms with van der Waals surface area (Å²) >= 11 is 0. The predicted molar refractivity (Wildman–Crippen MR) is 98.1 cm³/mol. The number of amides is 1. The Kier molecular flexibility index (Phi) is 3.93. The number of carbonyl (C=O) groups excluding carboxylic acids is 1. The number of methoxy groups -OCH3 is 1. The van der Waals surface area contributed by atoms with Crippen LogP contribution in [-0.2, 0) is 4.79 Å². The van der Waals surface area contributed by atoms with Crippen molar-refractivity contribution in [2.24, 2.45) is 0 Å². The van der Waals surface area contributed by atoms with Gasteiger partial charge < -0.3 is 26.4 Å².